The third kappa shape index (κ3) is 2.98. The topological polar surface area (TPSA) is 20.3 Å². The molecular weight excluding hydrogens is 241 g/mol. The van der Waals surface area contributed by atoms with E-state index >= 15 is 0 Å². The molecule has 2 rings (SSSR count). The second-order valence-corrected chi connectivity index (χ2v) is 4.32. The van der Waals surface area contributed by atoms with Crippen LogP contribution in [0.15, 0.2) is 18.2 Å². The van der Waals surface area contributed by atoms with Gasteiger partial charge in [-0.15, -0.1) is 0 Å². The molecule has 1 saturated heterocycles. The Labute approximate surface area is 104 Å². The maximum Gasteiger partial charge on any atom is 0.240 e. The van der Waals surface area contributed by atoms with Gasteiger partial charge in [-0.05, 0) is 31.0 Å². The summed E-state index contributed by atoms with van der Waals surface area (Å²) in [4.78, 5) is 13.6. The molecule has 1 aromatic rings. The smallest absolute Gasteiger partial charge is 0.240 e. The minimum atomic E-state index is -0.588. The third-order valence-electron chi connectivity index (χ3n) is 2.61. The number of nitrogens with zero attached hydrogens (tertiary/aromatic N) is 1. The van der Waals surface area contributed by atoms with Crippen LogP contribution in [0.5, 0.6) is 0 Å². The molecule has 0 amide bonds. The number of likely N-dealkylation sites (tertiary alicyclic amines) is 1. The lowest BCUT2D eigenvalue weighted by atomic mass is 10.1. The average molecular weight is 252 g/mol. The molecule has 0 saturated carbocycles. The predicted octanol–water partition coefficient (Wildman–Crippen LogP) is 2.72. The first-order valence-electron chi connectivity index (χ1n) is 5.43. The van der Waals surface area contributed by atoms with Crippen LogP contribution in [0.2, 0.25) is 5.02 Å². The largest absolute Gasteiger partial charge is 0.332 e. The van der Waals surface area contributed by atoms with E-state index in [0.29, 0.717) is 5.02 Å². The van der Waals surface area contributed by atoms with E-state index in [0.717, 1.165) is 25.9 Å². The summed E-state index contributed by atoms with van der Waals surface area (Å²) >= 11 is 5.71. The number of Topliss-reactive ketones (excluding diaryl/α,β-unsaturated/α-hetero) is 1. The molecule has 1 heterocycles. The van der Waals surface area contributed by atoms with Crippen LogP contribution in [-0.4, -0.2) is 23.8 Å². The lowest BCUT2D eigenvalue weighted by molar-refractivity contribution is 0.105. The van der Waals surface area contributed by atoms with Crippen LogP contribution < -0.4 is 0 Å². The number of hydrogen-bond acceptors (Lipinski definition) is 2. The number of carbonyl (C=O) groups is 1. The lowest BCUT2D eigenvalue weighted by Crippen LogP contribution is -2.12. The zero-order chi connectivity index (χ0) is 12.3. The maximum atomic E-state index is 13.4. The summed E-state index contributed by atoms with van der Waals surface area (Å²) < 4.78 is 13.4. The van der Waals surface area contributed by atoms with Gasteiger partial charge in [0, 0.05) is 30.1 Å². The predicted molar refractivity (Wildman–Crippen MR) is 64.3 cm³/mol. The van der Waals surface area contributed by atoms with Crippen molar-refractivity contribution in [3.8, 4) is 12.0 Å². The molecule has 0 spiro atoms. The number of halogens is 2. The van der Waals surface area contributed by atoms with E-state index in [-0.39, 0.29) is 5.56 Å². The zero-order valence-corrected chi connectivity index (χ0v) is 9.93. The summed E-state index contributed by atoms with van der Waals surface area (Å²) in [5.41, 5.74) is -0.0656. The molecule has 4 heteroatoms. The van der Waals surface area contributed by atoms with Crippen LogP contribution in [0.25, 0.3) is 0 Å². The van der Waals surface area contributed by atoms with Crippen LogP contribution in [0.1, 0.15) is 23.2 Å². The average Bonchev–Trinajstić information content (AvgIpc) is 2.82. The van der Waals surface area contributed by atoms with Gasteiger partial charge in [0.2, 0.25) is 5.78 Å². The molecule has 0 aromatic heterocycles. The van der Waals surface area contributed by atoms with Gasteiger partial charge in [-0.1, -0.05) is 11.6 Å². The Hall–Kier alpha value is -1.53. The van der Waals surface area contributed by atoms with Crippen LogP contribution in [0.4, 0.5) is 4.39 Å². The standard InChI is InChI=1S/C13H11ClFNO/c14-10-3-4-12(15)11(9-10)13(17)5-8-16-6-1-2-7-16/h3-4,9H,1-2,6-7H2. The van der Waals surface area contributed by atoms with Crippen LogP contribution in [-0.2, 0) is 0 Å². The molecular formula is C13H11ClFNO. The molecule has 0 atom stereocenters. The zero-order valence-electron chi connectivity index (χ0n) is 9.17. The minimum Gasteiger partial charge on any atom is -0.332 e. The van der Waals surface area contributed by atoms with Gasteiger partial charge >= 0.3 is 0 Å². The van der Waals surface area contributed by atoms with Crippen molar-refractivity contribution in [2.24, 2.45) is 0 Å². The molecule has 0 aliphatic carbocycles. The summed E-state index contributed by atoms with van der Waals surface area (Å²) in [5.74, 6) is 1.33. The van der Waals surface area contributed by atoms with Gasteiger partial charge in [0.25, 0.3) is 0 Å². The van der Waals surface area contributed by atoms with Gasteiger partial charge in [0.05, 0.1) is 5.56 Å². The Morgan fingerprint density at radius 1 is 1.35 bits per heavy atom. The van der Waals surface area contributed by atoms with Gasteiger partial charge < -0.3 is 4.90 Å². The molecule has 0 radical (unpaired) electrons. The summed E-state index contributed by atoms with van der Waals surface area (Å²) in [6, 6.07) is 6.63. The number of benzene rings is 1. The summed E-state index contributed by atoms with van der Waals surface area (Å²) in [6.45, 7) is 1.75. The van der Waals surface area contributed by atoms with Gasteiger partial charge in [-0.25, -0.2) is 4.39 Å². The first kappa shape index (κ1) is 11.9. The fourth-order valence-corrected chi connectivity index (χ4v) is 1.87. The molecule has 1 aromatic carbocycles. The highest BCUT2D eigenvalue weighted by molar-refractivity contribution is 6.31. The van der Waals surface area contributed by atoms with Gasteiger partial charge in [0.1, 0.15) is 5.82 Å². The third-order valence-corrected chi connectivity index (χ3v) is 2.84. The van der Waals surface area contributed by atoms with Crippen LogP contribution in [0.3, 0.4) is 0 Å². The number of carbonyl (C=O) groups excluding carboxylic acids is 1. The van der Waals surface area contributed by atoms with Crippen molar-refractivity contribution < 1.29 is 9.18 Å². The van der Waals surface area contributed by atoms with Crippen molar-refractivity contribution >= 4 is 17.4 Å². The molecule has 0 bridgehead atoms. The van der Waals surface area contributed by atoms with E-state index in [1.54, 1.807) is 0 Å². The van der Waals surface area contributed by atoms with Crippen molar-refractivity contribution in [1.82, 2.24) is 4.90 Å². The molecule has 17 heavy (non-hydrogen) atoms. The van der Waals surface area contributed by atoms with Gasteiger partial charge in [-0.3, -0.25) is 4.79 Å². The van der Waals surface area contributed by atoms with Crippen LogP contribution >= 0.6 is 11.6 Å². The van der Waals surface area contributed by atoms with E-state index in [9.17, 15) is 9.18 Å². The highest BCUT2D eigenvalue weighted by atomic mass is 35.5. The van der Waals surface area contributed by atoms with E-state index in [2.05, 4.69) is 12.0 Å². The maximum absolute atomic E-state index is 13.4. The molecule has 1 aliphatic rings. The monoisotopic (exact) mass is 251 g/mol. The number of rotatable bonds is 1. The Balaban J connectivity index is 2.16. The number of hydrogen-bond donors (Lipinski definition) is 0. The van der Waals surface area contributed by atoms with E-state index in [1.165, 1.54) is 18.2 Å². The highest BCUT2D eigenvalue weighted by Gasteiger charge is 2.11. The lowest BCUT2D eigenvalue weighted by Gasteiger charge is -2.05. The fourth-order valence-electron chi connectivity index (χ4n) is 1.70. The molecule has 2 nitrogen and oxygen atoms in total. The van der Waals surface area contributed by atoms with Crippen molar-refractivity contribution in [3.63, 3.8) is 0 Å². The van der Waals surface area contributed by atoms with Gasteiger partial charge in [0.15, 0.2) is 0 Å². The second-order valence-electron chi connectivity index (χ2n) is 3.88. The van der Waals surface area contributed by atoms with Crippen LogP contribution in [0, 0.1) is 17.8 Å². The van der Waals surface area contributed by atoms with E-state index in [4.69, 9.17) is 11.6 Å². The molecule has 0 N–H and O–H groups in total. The molecule has 0 unspecified atom stereocenters. The number of ketones is 1. The van der Waals surface area contributed by atoms with E-state index in [1.807, 2.05) is 4.90 Å². The summed E-state index contributed by atoms with van der Waals surface area (Å²) in [7, 11) is 0. The molecule has 1 aliphatic heterocycles. The van der Waals surface area contributed by atoms with Gasteiger partial charge in [-0.2, -0.15) is 0 Å². The Bertz CT molecular complexity index is 498. The van der Waals surface area contributed by atoms with Crippen molar-refractivity contribution in [3.05, 3.63) is 34.6 Å². The molecule has 1 fully saturated rings. The fraction of sp³-hybridized carbons (Fsp3) is 0.308. The van der Waals surface area contributed by atoms with Crippen molar-refractivity contribution in [2.75, 3.05) is 13.1 Å². The highest BCUT2D eigenvalue weighted by Crippen LogP contribution is 2.15. The SMILES string of the molecule is O=C(C#CN1CCCC1)c1cc(Cl)ccc1F. The summed E-state index contributed by atoms with van der Waals surface area (Å²) in [6.07, 6.45) is 2.18. The Kier molecular flexibility index (Phi) is 3.65. The second kappa shape index (κ2) is 5.20. The first-order valence-corrected chi connectivity index (χ1v) is 5.80. The Morgan fingerprint density at radius 2 is 2.06 bits per heavy atom. The Morgan fingerprint density at radius 3 is 2.76 bits per heavy atom. The molecule has 88 valence electrons. The van der Waals surface area contributed by atoms with Crippen molar-refractivity contribution in [2.45, 2.75) is 12.8 Å². The van der Waals surface area contributed by atoms with E-state index < -0.39 is 11.6 Å². The quantitative estimate of drug-likeness (QED) is 0.565. The normalized spacial score (nSPS) is 14.4. The summed E-state index contributed by atoms with van der Waals surface area (Å²) in [5, 5.41) is 0.331. The first-order chi connectivity index (χ1) is 8.16. The minimum absolute atomic E-state index is 0.0656. The van der Waals surface area contributed by atoms with Crippen molar-refractivity contribution in [1.29, 1.82) is 0 Å².